The van der Waals surface area contributed by atoms with E-state index in [1.807, 2.05) is 0 Å². The molecule has 1 aromatic heterocycles. The lowest BCUT2D eigenvalue weighted by molar-refractivity contribution is -0.0615. The number of hydrogen-bond donors (Lipinski definition) is 1. The molecule has 0 radical (unpaired) electrons. The monoisotopic (exact) mass is 334 g/mol. The number of nitrogens with zero attached hydrogens (tertiary/aromatic N) is 1. The highest BCUT2D eigenvalue weighted by Gasteiger charge is 2.45. The van der Waals surface area contributed by atoms with E-state index in [2.05, 4.69) is 4.98 Å². The fraction of sp³-hybridized carbons (Fsp3) is 0.636. The summed E-state index contributed by atoms with van der Waals surface area (Å²) in [6, 6.07) is 0. The SMILES string of the molecule is COP1(=S)OC[C@H]2O[C@@H](n3cc(C)c(=O)[nH]c3=O)CC2O1. The molecule has 21 heavy (non-hydrogen) atoms. The minimum absolute atomic E-state index is 0.267. The summed E-state index contributed by atoms with van der Waals surface area (Å²) in [7, 11) is 1.45. The van der Waals surface area contributed by atoms with E-state index < -0.39 is 24.2 Å². The third kappa shape index (κ3) is 2.77. The van der Waals surface area contributed by atoms with Crippen molar-refractivity contribution in [3.63, 3.8) is 0 Å². The third-order valence-corrected chi connectivity index (χ3v) is 5.98. The lowest BCUT2D eigenvalue weighted by atomic mass is 10.2. The number of rotatable bonds is 2. The van der Waals surface area contributed by atoms with Gasteiger partial charge in [-0.1, -0.05) is 0 Å². The lowest BCUT2D eigenvalue weighted by Crippen LogP contribution is -2.34. The third-order valence-electron chi connectivity index (χ3n) is 3.52. The molecule has 2 unspecified atom stereocenters. The summed E-state index contributed by atoms with van der Waals surface area (Å²) in [5.74, 6) is 0. The first kappa shape index (κ1) is 15.1. The van der Waals surface area contributed by atoms with Crippen LogP contribution >= 0.6 is 6.72 Å². The predicted molar refractivity (Wildman–Crippen MR) is 76.7 cm³/mol. The van der Waals surface area contributed by atoms with Crippen molar-refractivity contribution < 1.29 is 18.3 Å². The van der Waals surface area contributed by atoms with E-state index in [-0.39, 0.29) is 18.8 Å². The normalized spacial score (nSPS) is 35.6. The number of fused-ring (bicyclic) bond motifs is 1. The van der Waals surface area contributed by atoms with Gasteiger partial charge in [-0.05, 0) is 18.7 Å². The second-order valence-corrected chi connectivity index (χ2v) is 7.98. The van der Waals surface area contributed by atoms with Crippen molar-refractivity contribution in [3.8, 4) is 0 Å². The van der Waals surface area contributed by atoms with Gasteiger partial charge in [-0.15, -0.1) is 0 Å². The molecule has 1 N–H and O–H groups in total. The summed E-state index contributed by atoms with van der Waals surface area (Å²) in [6.45, 7) is -0.810. The number of ether oxygens (including phenoxy) is 1. The zero-order valence-electron chi connectivity index (χ0n) is 11.5. The Morgan fingerprint density at radius 2 is 2.24 bits per heavy atom. The summed E-state index contributed by atoms with van der Waals surface area (Å²) in [4.78, 5) is 25.5. The summed E-state index contributed by atoms with van der Waals surface area (Å²) < 4.78 is 23.3. The van der Waals surface area contributed by atoms with Gasteiger partial charge in [0.25, 0.3) is 5.56 Å². The van der Waals surface area contributed by atoms with E-state index in [9.17, 15) is 9.59 Å². The highest BCUT2D eigenvalue weighted by atomic mass is 32.5. The minimum Gasteiger partial charge on any atom is -0.349 e. The van der Waals surface area contributed by atoms with Crippen molar-refractivity contribution in [1.29, 1.82) is 0 Å². The van der Waals surface area contributed by atoms with Crippen molar-refractivity contribution in [2.75, 3.05) is 13.7 Å². The van der Waals surface area contributed by atoms with Crippen molar-refractivity contribution in [3.05, 3.63) is 32.6 Å². The quantitative estimate of drug-likeness (QED) is 0.784. The average Bonchev–Trinajstić information content (AvgIpc) is 2.85. The van der Waals surface area contributed by atoms with Gasteiger partial charge in [0.05, 0.1) is 12.7 Å². The maximum Gasteiger partial charge on any atom is 0.330 e. The zero-order chi connectivity index (χ0) is 15.2. The molecule has 2 saturated heterocycles. The molecule has 10 heteroatoms. The fourth-order valence-corrected chi connectivity index (χ4v) is 4.04. The van der Waals surface area contributed by atoms with E-state index >= 15 is 0 Å². The van der Waals surface area contributed by atoms with E-state index in [0.717, 1.165) is 0 Å². The molecule has 0 amide bonds. The van der Waals surface area contributed by atoms with Crippen molar-refractivity contribution in [2.45, 2.75) is 31.8 Å². The molecule has 0 bridgehead atoms. The molecule has 2 fully saturated rings. The molecule has 0 spiro atoms. The van der Waals surface area contributed by atoms with E-state index in [4.69, 9.17) is 30.1 Å². The summed E-state index contributed by atoms with van der Waals surface area (Å²) in [5.41, 5.74) is -0.477. The van der Waals surface area contributed by atoms with Gasteiger partial charge >= 0.3 is 12.4 Å². The first-order valence-corrected chi connectivity index (χ1v) is 8.94. The van der Waals surface area contributed by atoms with Gasteiger partial charge in [0, 0.05) is 25.3 Å². The molecule has 1 aromatic rings. The van der Waals surface area contributed by atoms with E-state index in [1.54, 1.807) is 6.92 Å². The smallest absolute Gasteiger partial charge is 0.330 e. The van der Waals surface area contributed by atoms with Gasteiger partial charge in [-0.25, -0.2) is 4.79 Å². The van der Waals surface area contributed by atoms with Crippen LogP contribution in [0.3, 0.4) is 0 Å². The molecule has 4 atom stereocenters. The first-order chi connectivity index (χ1) is 9.92. The molecule has 0 aromatic carbocycles. The van der Waals surface area contributed by atoms with Crippen LogP contribution in [0.1, 0.15) is 18.2 Å². The van der Waals surface area contributed by atoms with Gasteiger partial charge in [-0.3, -0.25) is 14.3 Å². The van der Waals surface area contributed by atoms with Gasteiger partial charge < -0.3 is 18.3 Å². The Kier molecular flexibility index (Phi) is 3.89. The number of hydrogen-bond acceptors (Lipinski definition) is 7. The Labute approximate surface area is 125 Å². The average molecular weight is 334 g/mol. The minimum atomic E-state index is -2.70. The second-order valence-electron chi connectivity index (χ2n) is 4.91. The van der Waals surface area contributed by atoms with Crippen LogP contribution in [0.5, 0.6) is 0 Å². The molecule has 2 aliphatic heterocycles. The van der Waals surface area contributed by atoms with Crippen LogP contribution in [0.2, 0.25) is 0 Å². The molecule has 0 aliphatic carbocycles. The molecule has 8 nitrogen and oxygen atoms in total. The van der Waals surface area contributed by atoms with Crippen LogP contribution in [0.15, 0.2) is 15.8 Å². The largest absolute Gasteiger partial charge is 0.349 e. The van der Waals surface area contributed by atoms with Crippen LogP contribution in [-0.2, 0) is 30.1 Å². The van der Waals surface area contributed by atoms with Crippen LogP contribution in [0.25, 0.3) is 0 Å². The first-order valence-electron chi connectivity index (χ1n) is 6.38. The van der Waals surface area contributed by atoms with Gasteiger partial charge in [0.15, 0.2) is 0 Å². The highest BCUT2D eigenvalue weighted by Crippen LogP contribution is 2.56. The molecule has 3 heterocycles. The zero-order valence-corrected chi connectivity index (χ0v) is 13.2. The maximum atomic E-state index is 11.9. The highest BCUT2D eigenvalue weighted by molar-refractivity contribution is 8.07. The second kappa shape index (κ2) is 5.42. The number of aryl methyl sites for hydroxylation is 1. The standard InChI is InChI=1S/C11H15N2O6PS/c1-6-4-13(11(15)12-10(6)14)9-3-7-8(18-9)5-17-20(21,16-2)19-7/h4,7-9H,3,5H2,1-2H3,(H,12,14,15)/t7?,8-,9-,20?/m1/s1. The molecule has 116 valence electrons. The fourth-order valence-electron chi connectivity index (χ4n) is 2.39. The Bertz CT molecular complexity index is 715. The van der Waals surface area contributed by atoms with Crippen LogP contribution in [0, 0.1) is 6.92 Å². The molecular formula is C11H15N2O6PS. The van der Waals surface area contributed by atoms with Gasteiger partial charge in [0.2, 0.25) is 0 Å². The van der Waals surface area contributed by atoms with Gasteiger partial charge in [-0.2, -0.15) is 0 Å². The number of aromatic nitrogens is 2. The maximum absolute atomic E-state index is 11.9. The number of nitrogens with one attached hydrogen (secondary N) is 1. The van der Waals surface area contributed by atoms with Crippen LogP contribution < -0.4 is 11.2 Å². The van der Waals surface area contributed by atoms with E-state index in [0.29, 0.717) is 12.0 Å². The molecule has 0 saturated carbocycles. The lowest BCUT2D eigenvalue weighted by Gasteiger charge is -2.31. The Hall–Kier alpha value is -0.830. The van der Waals surface area contributed by atoms with Crippen molar-refractivity contribution in [2.24, 2.45) is 0 Å². The summed E-state index contributed by atoms with van der Waals surface area (Å²) in [6.07, 6.45) is 0.816. The van der Waals surface area contributed by atoms with E-state index in [1.165, 1.54) is 17.9 Å². The van der Waals surface area contributed by atoms with Crippen LogP contribution in [-0.4, -0.2) is 35.5 Å². The molecular weight excluding hydrogens is 319 g/mol. The number of H-pyrrole nitrogens is 1. The van der Waals surface area contributed by atoms with Gasteiger partial charge in [0.1, 0.15) is 12.3 Å². The Balaban J connectivity index is 1.85. The molecule has 3 rings (SSSR count). The molecule has 2 aliphatic rings. The Morgan fingerprint density at radius 1 is 1.48 bits per heavy atom. The van der Waals surface area contributed by atoms with Crippen LogP contribution in [0.4, 0.5) is 0 Å². The van der Waals surface area contributed by atoms with Crippen molar-refractivity contribution >= 4 is 18.5 Å². The summed E-state index contributed by atoms with van der Waals surface area (Å²) in [5, 5.41) is 0. The Morgan fingerprint density at radius 3 is 2.95 bits per heavy atom. The predicted octanol–water partition coefficient (Wildman–Crippen LogP) is 0.419. The summed E-state index contributed by atoms with van der Waals surface area (Å²) >= 11 is 5.17. The van der Waals surface area contributed by atoms with Crippen molar-refractivity contribution in [1.82, 2.24) is 9.55 Å². The number of aromatic amines is 1. The topological polar surface area (TPSA) is 91.8 Å².